The molecule has 0 aliphatic rings. The lowest BCUT2D eigenvalue weighted by Gasteiger charge is -2.07. The second-order valence-electron chi connectivity index (χ2n) is 5.87. The van der Waals surface area contributed by atoms with Gasteiger partial charge in [0.25, 0.3) is 0 Å². The summed E-state index contributed by atoms with van der Waals surface area (Å²) < 4.78 is 9.87. The van der Waals surface area contributed by atoms with Crippen molar-refractivity contribution in [3.8, 4) is 28.8 Å². The van der Waals surface area contributed by atoms with E-state index >= 15 is 0 Å². The van der Waals surface area contributed by atoms with Crippen molar-refractivity contribution in [2.24, 2.45) is 0 Å². The minimum absolute atomic E-state index is 0.0238. The van der Waals surface area contributed by atoms with Crippen molar-refractivity contribution in [3.63, 3.8) is 0 Å². The van der Waals surface area contributed by atoms with Crippen molar-refractivity contribution in [3.05, 3.63) is 42.6 Å². The predicted octanol–water partition coefficient (Wildman–Crippen LogP) is 3.37. The summed E-state index contributed by atoms with van der Waals surface area (Å²) in [5, 5.41) is 5.28. The SMILES string of the molecule is CC#CCOC(=O)Oc1ccc(-c2cnc3ccc(NC(=O)NCC)nc3n2)cc1. The number of urea groups is 1. The zero-order valence-corrected chi connectivity index (χ0v) is 16.4. The van der Waals surface area contributed by atoms with E-state index in [1.54, 1.807) is 49.5 Å². The van der Waals surface area contributed by atoms with Crippen molar-refractivity contribution in [2.75, 3.05) is 18.5 Å². The van der Waals surface area contributed by atoms with Crippen LogP contribution in [-0.4, -0.2) is 40.3 Å². The Bertz CT molecular complexity index is 1120. The lowest BCUT2D eigenvalue weighted by atomic mass is 10.1. The Morgan fingerprint density at radius 3 is 2.63 bits per heavy atom. The van der Waals surface area contributed by atoms with Gasteiger partial charge in [0.05, 0.1) is 11.9 Å². The highest BCUT2D eigenvalue weighted by atomic mass is 16.7. The van der Waals surface area contributed by atoms with E-state index < -0.39 is 6.16 Å². The number of carbonyl (C=O) groups is 2. The van der Waals surface area contributed by atoms with Crippen LogP contribution >= 0.6 is 0 Å². The first-order chi connectivity index (χ1) is 14.6. The molecule has 1 aromatic carbocycles. The van der Waals surface area contributed by atoms with Crippen molar-refractivity contribution in [1.82, 2.24) is 20.3 Å². The molecule has 2 amide bonds. The van der Waals surface area contributed by atoms with E-state index in [0.717, 1.165) is 5.56 Å². The molecular weight excluding hydrogens is 386 g/mol. The number of hydrogen-bond donors (Lipinski definition) is 2. The highest BCUT2D eigenvalue weighted by molar-refractivity contribution is 5.89. The highest BCUT2D eigenvalue weighted by Crippen LogP contribution is 2.22. The molecule has 0 radical (unpaired) electrons. The summed E-state index contributed by atoms with van der Waals surface area (Å²) in [5.41, 5.74) is 2.32. The van der Waals surface area contributed by atoms with Crippen LogP contribution in [0.2, 0.25) is 0 Å². The average molecular weight is 405 g/mol. The first-order valence-corrected chi connectivity index (χ1v) is 9.12. The van der Waals surface area contributed by atoms with Crippen LogP contribution in [0.4, 0.5) is 15.4 Å². The molecule has 152 valence electrons. The standard InChI is InChI=1S/C21H19N5O4/c1-3-5-12-29-21(28)30-15-8-6-14(7-9-15)17-13-23-16-10-11-18(25-19(16)24-17)26-20(27)22-4-2/h6-11,13H,4,12H2,1-2H3,(H2,22,24,25,26,27). The van der Waals surface area contributed by atoms with Crippen LogP contribution in [0.5, 0.6) is 5.75 Å². The van der Waals surface area contributed by atoms with Crippen molar-refractivity contribution < 1.29 is 19.1 Å². The van der Waals surface area contributed by atoms with Gasteiger partial charge in [0.1, 0.15) is 17.1 Å². The van der Waals surface area contributed by atoms with Crippen LogP contribution in [0, 0.1) is 11.8 Å². The number of pyridine rings is 1. The largest absolute Gasteiger partial charge is 0.514 e. The lowest BCUT2D eigenvalue weighted by molar-refractivity contribution is 0.111. The summed E-state index contributed by atoms with van der Waals surface area (Å²) in [7, 11) is 0. The number of nitrogens with zero attached hydrogens (tertiary/aromatic N) is 3. The van der Waals surface area contributed by atoms with Gasteiger partial charge in [-0.2, -0.15) is 0 Å². The summed E-state index contributed by atoms with van der Waals surface area (Å²) in [6, 6.07) is 9.75. The second kappa shape index (κ2) is 9.84. The quantitative estimate of drug-likeness (QED) is 0.380. The summed E-state index contributed by atoms with van der Waals surface area (Å²) in [4.78, 5) is 36.4. The molecule has 2 heterocycles. The third-order valence-electron chi connectivity index (χ3n) is 3.78. The smallest absolute Gasteiger partial charge is 0.421 e. The molecule has 0 saturated carbocycles. The molecular formula is C21H19N5O4. The van der Waals surface area contributed by atoms with Crippen LogP contribution in [0.15, 0.2) is 42.6 Å². The van der Waals surface area contributed by atoms with Gasteiger partial charge in [-0.15, -0.1) is 5.92 Å². The van der Waals surface area contributed by atoms with E-state index in [0.29, 0.717) is 35.0 Å². The first-order valence-electron chi connectivity index (χ1n) is 9.12. The van der Waals surface area contributed by atoms with E-state index in [-0.39, 0.29) is 12.6 Å². The van der Waals surface area contributed by atoms with Crippen LogP contribution in [0.1, 0.15) is 13.8 Å². The first kappa shape index (κ1) is 20.5. The molecule has 0 unspecified atom stereocenters. The molecule has 0 saturated heterocycles. The summed E-state index contributed by atoms with van der Waals surface area (Å²) in [6.45, 7) is 3.96. The van der Waals surface area contributed by atoms with Gasteiger partial charge in [0.15, 0.2) is 12.3 Å². The maximum atomic E-state index is 11.7. The Morgan fingerprint density at radius 1 is 1.10 bits per heavy atom. The molecule has 2 aromatic heterocycles. The number of ether oxygens (including phenoxy) is 2. The molecule has 0 fully saturated rings. The Morgan fingerprint density at radius 2 is 1.90 bits per heavy atom. The van der Waals surface area contributed by atoms with E-state index in [4.69, 9.17) is 9.47 Å². The van der Waals surface area contributed by atoms with E-state index in [1.165, 1.54) is 0 Å². The van der Waals surface area contributed by atoms with Gasteiger partial charge >= 0.3 is 12.2 Å². The number of amides is 2. The molecule has 3 rings (SSSR count). The van der Waals surface area contributed by atoms with Crippen LogP contribution in [0.25, 0.3) is 22.4 Å². The summed E-state index contributed by atoms with van der Waals surface area (Å²) in [5.74, 6) is 5.93. The Labute approximate surface area is 172 Å². The molecule has 0 spiro atoms. The lowest BCUT2D eigenvalue weighted by Crippen LogP contribution is -2.28. The fraction of sp³-hybridized carbons (Fsp3) is 0.190. The van der Waals surface area contributed by atoms with Crippen molar-refractivity contribution >= 4 is 29.2 Å². The zero-order valence-electron chi connectivity index (χ0n) is 16.4. The normalized spacial score (nSPS) is 9.93. The van der Waals surface area contributed by atoms with Crippen LogP contribution in [0.3, 0.4) is 0 Å². The fourth-order valence-corrected chi connectivity index (χ4v) is 2.41. The average Bonchev–Trinajstić information content (AvgIpc) is 2.74. The van der Waals surface area contributed by atoms with Gasteiger partial charge in [0, 0.05) is 12.1 Å². The maximum absolute atomic E-state index is 11.7. The number of hydrogen-bond acceptors (Lipinski definition) is 7. The second-order valence-corrected chi connectivity index (χ2v) is 5.87. The molecule has 2 N–H and O–H groups in total. The Balaban J connectivity index is 1.74. The zero-order chi connectivity index (χ0) is 21.3. The molecule has 0 atom stereocenters. The molecule has 30 heavy (non-hydrogen) atoms. The molecule has 3 aromatic rings. The third kappa shape index (κ3) is 5.42. The van der Waals surface area contributed by atoms with Crippen molar-refractivity contribution in [2.45, 2.75) is 13.8 Å². The van der Waals surface area contributed by atoms with E-state index in [1.807, 2.05) is 6.92 Å². The predicted molar refractivity (Wildman–Crippen MR) is 111 cm³/mol. The Kier molecular flexibility index (Phi) is 6.74. The van der Waals surface area contributed by atoms with Gasteiger partial charge in [-0.05, 0) is 50.2 Å². The number of rotatable bonds is 5. The molecule has 0 bridgehead atoms. The van der Waals surface area contributed by atoms with Crippen molar-refractivity contribution in [1.29, 1.82) is 0 Å². The highest BCUT2D eigenvalue weighted by Gasteiger charge is 2.09. The van der Waals surface area contributed by atoms with Crippen LogP contribution < -0.4 is 15.4 Å². The van der Waals surface area contributed by atoms with Crippen LogP contribution in [-0.2, 0) is 4.74 Å². The van der Waals surface area contributed by atoms with E-state index in [2.05, 4.69) is 37.4 Å². The van der Waals surface area contributed by atoms with Gasteiger partial charge < -0.3 is 14.8 Å². The summed E-state index contributed by atoms with van der Waals surface area (Å²) in [6.07, 6.45) is 0.793. The molecule has 9 nitrogen and oxygen atoms in total. The number of benzene rings is 1. The van der Waals surface area contributed by atoms with Gasteiger partial charge in [-0.1, -0.05) is 5.92 Å². The fourth-order valence-electron chi connectivity index (χ4n) is 2.41. The van der Waals surface area contributed by atoms with Gasteiger partial charge in [-0.3, -0.25) is 10.3 Å². The molecule has 0 aliphatic heterocycles. The van der Waals surface area contributed by atoms with Gasteiger partial charge in [0.2, 0.25) is 0 Å². The number of nitrogens with one attached hydrogen (secondary N) is 2. The number of anilines is 1. The monoisotopic (exact) mass is 405 g/mol. The minimum Gasteiger partial charge on any atom is -0.421 e. The van der Waals surface area contributed by atoms with Gasteiger partial charge in [-0.25, -0.2) is 19.6 Å². The minimum atomic E-state index is -0.827. The maximum Gasteiger partial charge on any atom is 0.514 e. The number of carbonyl (C=O) groups excluding carboxylic acids is 2. The van der Waals surface area contributed by atoms with E-state index in [9.17, 15) is 9.59 Å². The summed E-state index contributed by atoms with van der Waals surface area (Å²) >= 11 is 0. The number of fused-ring (bicyclic) bond motifs is 1. The number of aromatic nitrogens is 3. The Hall–Kier alpha value is -4.19. The molecule has 9 heteroatoms. The third-order valence-corrected chi connectivity index (χ3v) is 3.78. The molecule has 0 aliphatic carbocycles. The topological polar surface area (TPSA) is 115 Å².